The Balaban J connectivity index is 1.75. The van der Waals surface area contributed by atoms with Gasteiger partial charge in [-0.1, -0.05) is 23.2 Å². The molecule has 12 heteroatoms. The van der Waals surface area contributed by atoms with Crippen LogP contribution in [0.15, 0.2) is 24.7 Å². The number of esters is 1. The molecule has 0 N–H and O–H groups in total. The van der Waals surface area contributed by atoms with Crippen LogP contribution in [0.1, 0.15) is 35.1 Å². The molecule has 0 aromatic carbocycles. The lowest BCUT2D eigenvalue weighted by atomic mass is 10.3. The van der Waals surface area contributed by atoms with E-state index in [2.05, 4.69) is 20.2 Å². The van der Waals surface area contributed by atoms with E-state index >= 15 is 0 Å². The molecule has 30 heavy (non-hydrogen) atoms. The third-order valence-electron chi connectivity index (χ3n) is 4.34. The molecule has 9 nitrogen and oxygen atoms in total. The van der Waals surface area contributed by atoms with Gasteiger partial charge >= 0.3 is 5.97 Å². The van der Waals surface area contributed by atoms with Crippen LogP contribution in [0, 0.1) is 0 Å². The summed E-state index contributed by atoms with van der Waals surface area (Å²) in [5.74, 6) is 0.0947. The van der Waals surface area contributed by atoms with Crippen molar-refractivity contribution in [2.24, 2.45) is 0 Å². The van der Waals surface area contributed by atoms with Gasteiger partial charge in [-0.3, -0.25) is 0 Å². The van der Waals surface area contributed by atoms with E-state index in [9.17, 15) is 4.79 Å². The van der Waals surface area contributed by atoms with Crippen LogP contribution in [0.25, 0.3) is 17.0 Å². The van der Waals surface area contributed by atoms with Crippen molar-refractivity contribution >= 4 is 51.5 Å². The summed E-state index contributed by atoms with van der Waals surface area (Å²) in [7, 11) is 1.51. The Morgan fingerprint density at radius 1 is 1.27 bits per heavy atom. The minimum atomic E-state index is -0.466. The Morgan fingerprint density at radius 2 is 2.07 bits per heavy atom. The monoisotopic (exact) mass is 466 g/mol. The van der Waals surface area contributed by atoms with Crippen molar-refractivity contribution in [3.63, 3.8) is 0 Å². The van der Waals surface area contributed by atoms with E-state index < -0.39 is 5.97 Å². The van der Waals surface area contributed by atoms with Crippen molar-refractivity contribution < 1.29 is 14.3 Å². The van der Waals surface area contributed by atoms with Gasteiger partial charge in [-0.2, -0.15) is 15.2 Å². The third-order valence-corrected chi connectivity index (χ3v) is 6.37. The Morgan fingerprint density at radius 3 is 2.73 bits per heavy atom. The number of aromatic nitrogens is 6. The van der Waals surface area contributed by atoms with E-state index in [-0.39, 0.29) is 18.6 Å². The van der Waals surface area contributed by atoms with Gasteiger partial charge in [0, 0.05) is 11.1 Å². The SMILES string of the molecule is CCOC(=O)c1cnn(-c2nc(OC)c3c(cnn3C(C)c3cc(Cl)c(Cl)s3)n2)c1. The van der Waals surface area contributed by atoms with E-state index in [1.54, 1.807) is 17.8 Å². The second kappa shape index (κ2) is 8.21. The number of hydrogen-bond donors (Lipinski definition) is 0. The summed E-state index contributed by atoms with van der Waals surface area (Å²) in [6, 6.07) is 1.65. The standard InChI is InChI=1S/C18H16Cl2N6O3S/c1-4-29-17(27)10-6-21-25(8-10)18-23-12-7-22-26(14(12)16(24-18)28-3)9(2)13-5-11(19)15(20)30-13/h5-9H,4H2,1-3H3. The van der Waals surface area contributed by atoms with Gasteiger partial charge in [-0.05, 0) is 19.9 Å². The molecule has 0 radical (unpaired) electrons. The van der Waals surface area contributed by atoms with Crippen molar-refractivity contribution in [1.29, 1.82) is 0 Å². The molecule has 156 valence electrons. The number of carbonyl (C=O) groups excluding carboxylic acids is 1. The summed E-state index contributed by atoms with van der Waals surface area (Å²) >= 11 is 13.6. The maximum absolute atomic E-state index is 11.9. The quantitative estimate of drug-likeness (QED) is 0.393. The highest BCUT2D eigenvalue weighted by Gasteiger charge is 2.22. The molecule has 4 heterocycles. The predicted molar refractivity (Wildman–Crippen MR) is 113 cm³/mol. The normalized spacial score (nSPS) is 12.3. The summed E-state index contributed by atoms with van der Waals surface area (Å²) in [5, 5.41) is 9.12. The van der Waals surface area contributed by atoms with E-state index in [0.717, 1.165) is 4.88 Å². The Kier molecular flexibility index (Phi) is 5.63. The lowest BCUT2D eigenvalue weighted by Gasteiger charge is -2.13. The van der Waals surface area contributed by atoms with Gasteiger partial charge in [0.2, 0.25) is 5.88 Å². The maximum atomic E-state index is 11.9. The molecule has 1 unspecified atom stereocenters. The summed E-state index contributed by atoms with van der Waals surface area (Å²) in [6.45, 7) is 3.98. The van der Waals surface area contributed by atoms with Crippen molar-refractivity contribution in [2.75, 3.05) is 13.7 Å². The number of carbonyl (C=O) groups is 1. The number of thiophene rings is 1. The second-order valence-electron chi connectivity index (χ2n) is 6.20. The van der Waals surface area contributed by atoms with Gasteiger partial charge in [0.05, 0.1) is 42.7 Å². The minimum absolute atomic E-state index is 0.166. The fourth-order valence-corrected chi connectivity index (χ4v) is 4.33. The van der Waals surface area contributed by atoms with Crippen LogP contribution in [0.3, 0.4) is 0 Å². The molecule has 0 fully saturated rings. The van der Waals surface area contributed by atoms with Crippen molar-refractivity contribution in [2.45, 2.75) is 19.9 Å². The number of halogens is 2. The van der Waals surface area contributed by atoms with E-state index in [1.165, 1.54) is 35.5 Å². The molecule has 0 amide bonds. The fourth-order valence-electron chi connectivity index (χ4n) is 2.90. The van der Waals surface area contributed by atoms with Crippen LogP contribution >= 0.6 is 34.5 Å². The van der Waals surface area contributed by atoms with Gasteiger partial charge in [0.1, 0.15) is 15.4 Å². The van der Waals surface area contributed by atoms with Gasteiger partial charge in [0.15, 0.2) is 0 Å². The van der Waals surface area contributed by atoms with E-state index in [0.29, 0.717) is 31.8 Å². The van der Waals surface area contributed by atoms with Crippen LogP contribution in [-0.4, -0.2) is 49.2 Å². The van der Waals surface area contributed by atoms with Crippen LogP contribution < -0.4 is 4.74 Å². The molecule has 0 spiro atoms. The number of rotatable bonds is 6. The van der Waals surface area contributed by atoms with Gasteiger partial charge < -0.3 is 9.47 Å². The zero-order valence-corrected chi connectivity index (χ0v) is 18.5. The topological polar surface area (TPSA) is 97.0 Å². The van der Waals surface area contributed by atoms with Crippen molar-refractivity contribution in [1.82, 2.24) is 29.5 Å². The molecular weight excluding hydrogens is 451 g/mol. The summed E-state index contributed by atoms with van der Waals surface area (Å²) in [6.07, 6.45) is 4.52. The number of nitrogens with zero attached hydrogens (tertiary/aromatic N) is 6. The first kappa shape index (κ1) is 20.6. The first-order chi connectivity index (χ1) is 14.4. The Labute approximate surface area is 185 Å². The lowest BCUT2D eigenvalue weighted by molar-refractivity contribution is 0.0526. The molecule has 0 saturated heterocycles. The molecule has 0 aliphatic heterocycles. The van der Waals surface area contributed by atoms with E-state index in [1.807, 2.05) is 13.0 Å². The van der Waals surface area contributed by atoms with Crippen LogP contribution in [-0.2, 0) is 4.74 Å². The molecule has 0 aliphatic carbocycles. The average molecular weight is 467 g/mol. The van der Waals surface area contributed by atoms with Crippen LogP contribution in [0.4, 0.5) is 0 Å². The van der Waals surface area contributed by atoms with Crippen molar-refractivity contribution in [3.8, 4) is 11.8 Å². The zero-order valence-electron chi connectivity index (χ0n) is 16.2. The largest absolute Gasteiger partial charge is 0.479 e. The summed E-state index contributed by atoms with van der Waals surface area (Å²) in [5.41, 5.74) is 1.48. The molecular formula is C18H16Cl2N6O3S. The van der Waals surface area contributed by atoms with Gasteiger partial charge in [-0.25, -0.2) is 19.1 Å². The predicted octanol–water partition coefficient (Wildman–Crippen LogP) is 4.17. The first-order valence-corrected chi connectivity index (χ1v) is 10.5. The molecule has 4 aromatic rings. The number of hydrogen-bond acceptors (Lipinski definition) is 8. The smallest absolute Gasteiger partial charge is 0.341 e. The molecule has 4 rings (SSSR count). The zero-order chi connectivity index (χ0) is 21.4. The molecule has 4 aromatic heterocycles. The number of methoxy groups -OCH3 is 1. The van der Waals surface area contributed by atoms with Gasteiger partial charge in [0.25, 0.3) is 5.95 Å². The van der Waals surface area contributed by atoms with E-state index in [4.69, 9.17) is 32.7 Å². The molecule has 0 saturated carbocycles. The minimum Gasteiger partial charge on any atom is -0.479 e. The van der Waals surface area contributed by atoms with Gasteiger partial charge in [-0.15, -0.1) is 11.3 Å². The highest BCUT2D eigenvalue weighted by atomic mass is 35.5. The average Bonchev–Trinajstić information content (AvgIpc) is 3.46. The van der Waals surface area contributed by atoms with Crippen LogP contribution in [0.5, 0.6) is 5.88 Å². The fraction of sp³-hybridized carbons (Fsp3) is 0.278. The summed E-state index contributed by atoms with van der Waals surface area (Å²) < 4.78 is 14.1. The number of ether oxygens (including phenoxy) is 2. The highest BCUT2D eigenvalue weighted by molar-refractivity contribution is 7.17. The molecule has 0 aliphatic rings. The lowest BCUT2D eigenvalue weighted by Crippen LogP contribution is -2.10. The number of fused-ring (bicyclic) bond motifs is 1. The maximum Gasteiger partial charge on any atom is 0.341 e. The summed E-state index contributed by atoms with van der Waals surface area (Å²) in [4.78, 5) is 21.8. The Hall–Kier alpha value is -2.69. The van der Waals surface area contributed by atoms with Crippen molar-refractivity contribution in [3.05, 3.63) is 44.5 Å². The Bertz CT molecular complexity index is 1210. The third kappa shape index (κ3) is 3.62. The second-order valence-corrected chi connectivity index (χ2v) is 8.29. The molecule has 0 bridgehead atoms. The van der Waals surface area contributed by atoms with Crippen LogP contribution in [0.2, 0.25) is 9.36 Å². The highest BCUT2D eigenvalue weighted by Crippen LogP contribution is 2.37. The first-order valence-electron chi connectivity index (χ1n) is 8.89. The molecule has 1 atom stereocenters.